The largest absolute Gasteiger partial charge is 0.481 e. The number of piperazine rings is 1. The van der Waals surface area contributed by atoms with E-state index in [4.69, 9.17) is 4.74 Å². The molecule has 0 aliphatic carbocycles. The lowest BCUT2D eigenvalue weighted by Crippen LogP contribution is -2.52. The number of anilines is 1. The van der Waals surface area contributed by atoms with Gasteiger partial charge in [-0.3, -0.25) is 9.69 Å². The van der Waals surface area contributed by atoms with Crippen molar-refractivity contribution in [3.63, 3.8) is 0 Å². The number of hydrogen-bond acceptors (Lipinski definition) is 7. The zero-order valence-electron chi connectivity index (χ0n) is 17.6. The van der Waals surface area contributed by atoms with Crippen molar-refractivity contribution in [1.82, 2.24) is 25.1 Å². The van der Waals surface area contributed by atoms with E-state index in [-0.39, 0.29) is 5.91 Å². The standard InChI is InChI=1S/C20H34N6O2/c1-15(2)25-7-5-17(6-8-25)22-18(27)14-24-9-11-26(12-10-24)20-21-16(3)13-19(23-20)28-4/h13,15,17H,5-12,14H2,1-4H3,(H,22,27). The van der Waals surface area contributed by atoms with E-state index in [1.165, 1.54) is 0 Å². The number of likely N-dealkylation sites (tertiary alicyclic amines) is 1. The zero-order chi connectivity index (χ0) is 20.1. The number of nitrogens with one attached hydrogen (secondary N) is 1. The molecule has 2 aliphatic rings. The van der Waals surface area contributed by atoms with Gasteiger partial charge in [-0.25, -0.2) is 4.98 Å². The van der Waals surface area contributed by atoms with Crippen LogP contribution in [0.4, 0.5) is 5.95 Å². The van der Waals surface area contributed by atoms with Gasteiger partial charge >= 0.3 is 0 Å². The predicted octanol–water partition coefficient (Wildman–Crippen LogP) is 0.905. The van der Waals surface area contributed by atoms with Gasteiger partial charge in [0.2, 0.25) is 17.7 Å². The first-order valence-electron chi connectivity index (χ1n) is 10.3. The summed E-state index contributed by atoms with van der Waals surface area (Å²) in [6.45, 7) is 12.3. The highest BCUT2D eigenvalue weighted by atomic mass is 16.5. The Morgan fingerprint density at radius 3 is 2.46 bits per heavy atom. The molecule has 0 aromatic carbocycles. The number of carbonyl (C=O) groups excluding carboxylic acids is 1. The van der Waals surface area contributed by atoms with E-state index >= 15 is 0 Å². The minimum atomic E-state index is 0.143. The summed E-state index contributed by atoms with van der Waals surface area (Å²) in [5, 5.41) is 3.23. The summed E-state index contributed by atoms with van der Waals surface area (Å²) < 4.78 is 5.25. The average Bonchev–Trinajstić information content (AvgIpc) is 2.68. The fourth-order valence-corrected chi connectivity index (χ4v) is 3.91. The number of hydrogen-bond donors (Lipinski definition) is 1. The highest BCUT2D eigenvalue weighted by Crippen LogP contribution is 2.17. The van der Waals surface area contributed by atoms with Crippen LogP contribution in [0.2, 0.25) is 0 Å². The summed E-state index contributed by atoms with van der Waals surface area (Å²) in [5.74, 6) is 1.44. The normalized spacial score (nSPS) is 19.8. The molecule has 0 saturated carbocycles. The Morgan fingerprint density at radius 2 is 1.86 bits per heavy atom. The van der Waals surface area contributed by atoms with Crippen LogP contribution in [0.1, 0.15) is 32.4 Å². The van der Waals surface area contributed by atoms with Crippen molar-refractivity contribution in [3.8, 4) is 5.88 Å². The molecule has 0 bridgehead atoms. The number of amides is 1. The SMILES string of the molecule is COc1cc(C)nc(N2CCN(CC(=O)NC3CCN(C(C)C)CC3)CC2)n1. The molecule has 2 aliphatic heterocycles. The molecule has 1 amide bonds. The Labute approximate surface area is 168 Å². The van der Waals surface area contributed by atoms with E-state index in [1.54, 1.807) is 7.11 Å². The van der Waals surface area contributed by atoms with Gasteiger partial charge in [0.05, 0.1) is 13.7 Å². The summed E-state index contributed by atoms with van der Waals surface area (Å²) in [6.07, 6.45) is 2.09. The van der Waals surface area contributed by atoms with Gasteiger partial charge in [-0.1, -0.05) is 0 Å². The van der Waals surface area contributed by atoms with Crippen molar-refractivity contribution in [1.29, 1.82) is 0 Å². The molecular weight excluding hydrogens is 356 g/mol. The van der Waals surface area contributed by atoms with Crippen molar-refractivity contribution >= 4 is 11.9 Å². The topological polar surface area (TPSA) is 73.8 Å². The molecule has 1 aromatic rings. The Morgan fingerprint density at radius 1 is 1.18 bits per heavy atom. The van der Waals surface area contributed by atoms with E-state index in [2.05, 4.69) is 43.8 Å². The maximum Gasteiger partial charge on any atom is 0.234 e. The molecule has 156 valence electrons. The number of methoxy groups -OCH3 is 1. The average molecular weight is 391 g/mol. The zero-order valence-corrected chi connectivity index (χ0v) is 17.6. The van der Waals surface area contributed by atoms with Gasteiger partial charge in [0, 0.05) is 63.1 Å². The van der Waals surface area contributed by atoms with Crippen molar-refractivity contribution in [3.05, 3.63) is 11.8 Å². The first kappa shape index (κ1) is 20.8. The summed E-state index contributed by atoms with van der Waals surface area (Å²) >= 11 is 0. The number of piperidine rings is 1. The molecule has 0 radical (unpaired) electrons. The minimum Gasteiger partial charge on any atom is -0.481 e. The maximum atomic E-state index is 12.5. The third-order valence-electron chi connectivity index (χ3n) is 5.68. The molecule has 1 N–H and O–H groups in total. The van der Waals surface area contributed by atoms with Gasteiger partial charge in [-0.15, -0.1) is 0 Å². The lowest BCUT2D eigenvalue weighted by molar-refractivity contribution is -0.123. The molecule has 8 nitrogen and oxygen atoms in total. The predicted molar refractivity (Wildman–Crippen MR) is 110 cm³/mol. The number of aromatic nitrogens is 2. The summed E-state index contributed by atoms with van der Waals surface area (Å²) in [4.78, 5) is 28.3. The highest BCUT2D eigenvalue weighted by molar-refractivity contribution is 5.78. The third-order valence-corrected chi connectivity index (χ3v) is 5.68. The van der Waals surface area contributed by atoms with Crippen LogP contribution < -0.4 is 15.0 Å². The second-order valence-corrected chi connectivity index (χ2v) is 8.09. The number of aryl methyl sites for hydroxylation is 1. The number of rotatable bonds is 6. The van der Waals surface area contributed by atoms with Crippen LogP contribution in [-0.4, -0.2) is 90.7 Å². The van der Waals surface area contributed by atoms with Gasteiger partial charge in [0.15, 0.2) is 0 Å². The second-order valence-electron chi connectivity index (χ2n) is 8.09. The van der Waals surface area contributed by atoms with Crippen LogP contribution in [0.5, 0.6) is 5.88 Å². The summed E-state index contributed by atoms with van der Waals surface area (Å²) in [6, 6.07) is 2.73. The Bertz CT molecular complexity index is 652. The van der Waals surface area contributed by atoms with Crippen molar-refractivity contribution in [2.75, 3.05) is 57.8 Å². The molecule has 2 fully saturated rings. The van der Waals surface area contributed by atoms with Crippen LogP contribution in [0, 0.1) is 6.92 Å². The third kappa shape index (κ3) is 5.54. The van der Waals surface area contributed by atoms with Crippen LogP contribution in [0.3, 0.4) is 0 Å². The molecular formula is C20H34N6O2. The molecule has 0 spiro atoms. The van der Waals surface area contributed by atoms with Gasteiger partial charge in [-0.05, 0) is 33.6 Å². The smallest absolute Gasteiger partial charge is 0.234 e. The Balaban J connectivity index is 1.42. The Kier molecular flexibility index (Phi) is 7.07. The van der Waals surface area contributed by atoms with Gasteiger partial charge < -0.3 is 19.9 Å². The first-order valence-corrected chi connectivity index (χ1v) is 10.3. The Hall–Kier alpha value is -1.93. The molecule has 0 atom stereocenters. The number of carbonyl (C=O) groups is 1. The van der Waals surface area contributed by atoms with Crippen LogP contribution in [-0.2, 0) is 4.79 Å². The first-order chi connectivity index (χ1) is 13.4. The van der Waals surface area contributed by atoms with Crippen LogP contribution in [0.15, 0.2) is 6.07 Å². The van der Waals surface area contributed by atoms with Gasteiger partial charge in [0.1, 0.15) is 0 Å². The molecule has 1 aromatic heterocycles. The summed E-state index contributed by atoms with van der Waals surface area (Å²) in [7, 11) is 1.62. The fourth-order valence-electron chi connectivity index (χ4n) is 3.91. The molecule has 8 heteroatoms. The second kappa shape index (κ2) is 9.52. The number of ether oxygens (including phenoxy) is 1. The molecule has 28 heavy (non-hydrogen) atoms. The molecule has 0 unspecified atom stereocenters. The van der Waals surface area contributed by atoms with Gasteiger partial charge in [-0.2, -0.15) is 4.98 Å². The van der Waals surface area contributed by atoms with E-state index in [0.717, 1.165) is 57.8 Å². The monoisotopic (exact) mass is 390 g/mol. The molecule has 2 saturated heterocycles. The quantitative estimate of drug-likeness (QED) is 0.774. The van der Waals surface area contributed by atoms with E-state index in [0.29, 0.717) is 30.5 Å². The van der Waals surface area contributed by atoms with Crippen LogP contribution in [0.25, 0.3) is 0 Å². The van der Waals surface area contributed by atoms with Crippen LogP contribution >= 0.6 is 0 Å². The molecule has 3 heterocycles. The van der Waals surface area contributed by atoms with Crippen molar-refractivity contribution < 1.29 is 9.53 Å². The lowest BCUT2D eigenvalue weighted by atomic mass is 10.0. The molecule has 3 rings (SSSR count). The van der Waals surface area contributed by atoms with Crippen molar-refractivity contribution in [2.24, 2.45) is 0 Å². The lowest BCUT2D eigenvalue weighted by Gasteiger charge is -2.36. The van der Waals surface area contributed by atoms with E-state index in [9.17, 15) is 4.79 Å². The highest BCUT2D eigenvalue weighted by Gasteiger charge is 2.24. The minimum absolute atomic E-state index is 0.143. The van der Waals surface area contributed by atoms with E-state index < -0.39 is 0 Å². The summed E-state index contributed by atoms with van der Waals surface area (Å²) in [5.41, 5.74) is 0.896. The number of nitrogens with zero attached hydrogens (tertiary/aromatic N) is 5. The van der Waals surface area contributed by atoms with E-state index in [1.807, 2.05) is 13.0 Å². The fraction of sp³-hybridized carbons (Fsp3) is 0.750. The maximum absolute atomic E-state index is 12.5. The van der Waals surface area contributed by atoms with Crippen molar-refractivity contribution in [2.45, 2.75) is 45.7 Å². The van der Waals surface area contributed by atoms with Gasteiger partial charge in [0.25, 0.3) is 0 Å².